The number of benzene rings is 1. The minimum absolute atomic E-state index is 0.149. The van der Waals surface area contributed by atoms with Crippen molar-refractivity contribution in [3.8, 4) is 0 Å². The van der Waals surface area contributed by atoms with Crippen LogP contribution in [-0.4, -0.2) is 29.8 Å². The number of rotatable bonds is 7. The van der Waals surface area contributed by atoms with E-state index in [4.69, 9.17) is 11.6 Å². The van der Waals surface area contributed by atoms with Crippen molar-refractivity contribution in [2.75, 3.05) is 13.1 Å². The fourth-order valence-electron chi connectivity index (χ4n) is 3.04. The second-order valence-electron chi connectivity index (χ2n) is 6.49. The molecule has 3 heteroatoms. The lowest BCUT2D eigenvalue weighted by Crippen LogP contribution is -2.38. The standard InChI is InChI=1S/C18H26ClNO/c1-14(2)11-12-20(15-7-3-4-8-15)13-18(21)16-9-5-6-10-17(16)19/h5-6,9-10,14-15H,3-4,7-8,11-13H2,1-2H3. The van der Waals surface area contributed by atoms with Gasteiger partial charge in [-0.1, -0.05) is 50.4 Å². The van der Waals surface area contributed by atoms with Gasteiger partial charge in [-0.25, -0.2) is 0 Å². The summed E-state index contributed by atoms with van der Waals surface area (Å²) in [7, 11) is 0. The molecule has 1 aromatic carbocycles. The van der Waals surface area contributed by atoms with Crippen molar-refractivity contribution >= 4 is 17.4 Å². The first kappa shape index (κ1) is 16.5. The van der Waals surface area contributed by atoms with Crippen LogP contribution in [0.15, 0.2) is 24.3 Å². The van der Waals surface area contributed by atoms with E-state index in [9.17, 15) is 4.79 Å². The van der Waals surface area contributed by atoms with E-state index in [-0.39, 0.29) is 5.78 Å². The molecule has 0 spiro atoms. The van der Waals surface area contributed by atoms with Crippen LogP contribution in [0.1, 0.15) is 56.3 Å². The van der Waals surface area contributed by atoms with Gasteiger partial charge in [-0.2, -0.15) is 0 Å². The third-order valence-corrected chi connectivity index (χ3v) is 4.69. The maximum Gasteiger partial charge on any atom is 0.178 e. The SMILES string of the molecule is CC(C)CCN(CC(=O)c1ccccc1Cl)C1CCCC1. The molecule has 0 amide bonds. The van der Waals surface area contributed by atoms with Crippen molar-refractivity contribution in [2.45, 2.75) is 52.0 Å². The number of halogens is 1. The number of carbonyl (C=O) groups is 1. The van der Waals surface area contributed by atoms with Crippen molar-refractivity contribution < 1.29 is 4.79 Å². The second-order valence-corrected chi connectivity index (χ2v) is 6.90. The predicted octanol–water partition coefficient (Wildman–Crippen LogP) is 4.81. The first-order valence-corrected chi connectivity index (χ1v) is 8.47. The molecular formula is C18H26ClNO. The summed E-state index contributed by atoms with van der Waals surface area (Å²) in [5.74, 6) is 0.820. The van der Waals surface area contributed by atoms with Crippen LogP contribution in [0.2, 0.25) is 5.02 Å². The van der Waals surface area contributed by atoms with Crippen molar-refractivity contribution in [3.63, 3.8) is 0 Å². The molecule has 1 saturated carbocycles. The molecule has 0 bridgehead atoms. The molecule has 116 valence electrons. The molecule has 1 aromatic rings. The monoisotopic (exact) mass is 307 g/mol. The van der Waals surface area contributed by atoms with Crippen molar-refractivity contribution in [1.29, 1.82) is 0 Å². The first-order valence-electron chi connectivity index (χ1n) is 8.09. The summed E-state index contributed by atoms with van der Waals surface area (Å²) in [5, 5.41) is 0.567. The molecule has 0 saturated heterocycles. The van der Waals surface area contributed by atoms with Gasteiger partial charge in [-0.15, -0.1) is 0 Å². The van der Waals surface area contributed by atoms with E-state index in [1.54, 1.807) is 6.07 Å². The van der Waals surface area contributed by atoms with Gasteiger partial charge >= 0.3 is 0 Å². The van der Waals surface area contributed by atoms with Gasteiger partial charge in [-0.3, -0.25) is 9.69 Å². The average molecular weight is 308 g/mol. The molecule has 1 aliphatic carbocycles. The zero-order valence-electron chi connectivity index (χ0n) is 13.1. The Morgan fingerprint density at radius 3 is 2.57 bits per heavy atom. The lowest BCUT2D eigenvalue weighted by atomic mass is 10.1. The quantitative estimate of drug-likeness (QED) is 0.674. The molecule has 1 aliphatic rings. The predicted molar refractivity (Wildman–Crippen MR) is 89.1 cm³/mol. The Hall–Kier alpha value is -0.860. The van der Waals surface area contributed by atoms with Gasteiger partial charge < -0.3 is 0 Å². The topological polar surface area (TPSA) is 20.3 Å². The molecule has 2 rings (SSSR count). The van der Waals surface area contributed by atoms with Crippen LogP contribution in [0.5, 0.6) is 0 Å². The van der Waals surface area contributed by atoms with Gasteiger partial charge in [0, 0.05) is 11.6 Å². The molecule has 0 unspecified atom stereocenters. The first-order chi connectivity index (χ1) is 10.1. The van der Waals surface area contributed by atoms with Crippen LogP contribution in [0.3, 0.4) is 0 Å². The molecule has 0 aromatic heterocycles. The average Bonchev–Trinajstić information content (AvgIpc) is 2.97. The molecule has 0 atom stereocenters. The van der Waals surface area contributed by atoms with Crippen molar-refractivity contribution in [3.05, 3.63) is 34.9 Å². The van der Waals surface area contributed by atoms with Crippen LogP contribution in [0.4, 0.5) is 0 Å². The molecule has 0 radical (unpaired) electrons. The fourth-order valence-corrected chi connectivity index (χ4v) is 3.28. The third-order valence-electron chi connectivity index (χ3n) is 4.36. The highest BCUT2D eigenvalue weighted by molar-refractivity contribution is 6.34. The number of nitrogens with zero attached hydrogens (tertiary/aromatic N) is 1. The van der Waals surface area contributed by atoms with Gasteiger partial charge in [0.2, 0.25) is 0 Å². The number of hydrogen-bond donors (Lipinski definition) is 0. The highest BCUT2D eigenvalue weighted by Crippen LogP contribution is 2.25. The van der Waals surface area contributed by atoms with Gasteiger partial charge in [0.05, 0.1) is 11.6 Å². The smallest absolute Gasteiger partial charge is 0.178 e. The van der Waals surface area contributed by atoms with E-state index in [1.165, 1.54) is 25.7 Å². The summed E-state index contributed by atoms with van der Waals surface area (Å²) in [6.45, 7) is 5.99. The van der Waals surface area contributed by atoms with E-state index in [2.05, 4.69) is 18.7 Å². The molecule has 0 N–H and O–H groups in total. The minimum atomic E-state index is 0.149. The Morgan fingerprint density at radius 2 is 1.95 bits per heavy atom. The molecule has 1 fully saturated rings. The summed E-state index contributed by atoms with van der Waals surface area (Å²) in [5.41, 5.74) is 0.659. The maximum absolute atomic E-state index is 12.6. The molecule has 0 heterocycles. The molecule has 0 aliphatic heterocycles. The Labute approximate surface area is 133 Å². The Bertz CT molecular complexity index is 466. The maximum atomic E-state index is 12.6. The summed E-state index contributed by atoms with van der Waals surface area (Å²) in [4.78, 5) is 14.9. The second kappa shape index (κ2) is 7.95. The minimum Gasteiger partial charge on any atom is -0.293 e. The summed E-state index contributed by atoms with van der Waals surface area (Å²) >= 11 is 6.15. The lowest BCUT2D eigenvalue weighted by molar-refractivity contribution is 0.0886. The molecular weight excluding hydrogens is 282 g/mol. The Morgan fingerprint density at radius 1 is 1.29 bits per heavy atom. The van der Waals surface area contributed by atoms with Gasteiger partial charge in [0.15, 0.2) is 5.78 Å². The van der Waals surface area contributed by atoms with Crippen LogP contribution < -0.4 is 0 Å². The number of carbonyl (C=O) groups excluding carboxylic acids is 1. The lowest BCUT2D eigenvalue weighted by Gasteiger charge is -2.29. The highest BCUT2D eigenvalue weighted by atomic mass is 35.5. The fraction of sp³-hybridized carbons (Fsp3) is 0.611. The Kier molecular flexibility index (Phi) is 6.25. The zero-order chi connectivity index (χ0) is 15.2. The number of ketones is 1. The summed E-state index contributed by atoms with van der Waals surface area (Å²) in [6.07, 6.45) is 6.19. The van der Waals surface area contributed by atoms with Gasteiger partial charge in [0.25, 0.3) is 0 Å². The van der Waals surface area contributed by atoms with Crippen LogP contribution in [-0.2, 0) is 0 Å². The van der Waals surface area contributed by atoms with Crippen molar-refractivity contribution in [2.24, 2.45) is 5.92 Å². The van der Waals surface area contributed by atoms with Crippen LogP contribution in [0.25, 0.3) is 0 Å². The Balaban J connectivity index is 2.03. The van der Waals surface area contributed by atoms with Gasteiger partial charge in [-0.05, 0) is 43.9 Å². The highest BCUT2D eigenvalue weighted by Gasteiger charge is 2.25. The normalized spacial score (nSPS) is 16.0. The summed E-state index contributed by atoms with van der Waals surface area (Å²) in [6, 6.07) is 7.96. The third kappa shape index (κ3) is 4.82. The number of hydrogen-bond acceptors (Lipinski definition) is 2. The van der Waals surface area contributed by atoms with Crippen molar-refractivity contribution in [1.82, 2.24) is 4.90 Å². The zero-order valence-corrected chi connectivity index (χ0v) is 13.9. The largest absolute Gasteiger partial charge is 0.293 e. The van der Waals surface area contributed by atoms with E-state index < -0.39 is 0 Å². The van der Waals surface area contributed by atoms with E-state index in [0.717, 1.165) is 13.0 Å². The van der Waals surface area contributed by atoms with E-state index >= 15 is 0 Å². The summed E-state index contributed by atoms with van der Waals surface area (Å²) < 4.78 is 0. The number of Topliss-reactive ketones (excluding diaryl/α,β-unsaturated/α-hetero) is 1. The van der Waals surface area contributed by atoms with Crippen LogP contribution >= 0.6 is 11.6 Å². The van der Waals surface area contributed by atoms with E-state index in [0.29, 0.717) is 29.1 Å². The molecule has 21 heavy (non-hydrogen) atoms. The van der Waals surface area contributed by atoms with Gasteiger partial charge in [0.1, 0.15) is 0 Å². The molecule has 2 nitrogen and oxygen atoms in total. The van der Waals surface area contributed by atoms with E-state index in [1.807, 2.05) is 18.2 Å². The van der Waals surface area contributed by atoms with Crippen LogP contribution in [0, 0.1) is 5.92 Å².